The van der Waals surface area contributed by atoms with E-state index >= 15 is 0 Å². The highest BCUT2D eigenvalue weighted by molar-refractivity contribution is 7.70. The summed E-state index contributed by atoms with van der Waals surface area (Å²) in [6, 6.07) is 19.7. The maximum atomic E-state index is 11.7. The Bertz CT molecular complexity index is 1350. The number of para-hydroxylation sites is 2. The Kier molecular flexibility index (Phi) is 5.61. The van der Waals surface area contributed by atoms with Gasteiger partial charge in [-0.2, -0.15) is 0 Å². The largest absolute Gasteiger partial charge is 0.457 e. The molecule has 2 heterocycles. The summed E-state index contributed by atoms with van der Waals surface area (Å²) in [7, 11) is -3.01. The summed E-state index contributed by atoms with van der Waals surface area (Å²) < 4.78 is 17.9. The topological polar surface area (TPSA) is 90.8 Å². The highest BCUT2D eigenvalue weighted by Gasteiger charge is 2.42. The zero-order chi connectivity index (χ0) is 22.9. The van der Waals surface area contributed by atoms with Crippen LogP contribution in [0.25, 0.3) is 10.9 Å². The first-order valence-corrected chi connectivity index (χ1v) is 11.8. The van der Waals surface area contributed by atoms with E-state index in [9.17, 15) is 10.1 Å². The lowest BCUT2D eigenvalue weighted by atomic mass is 10.2. The van der Waals surface area contributed by atoms with Gasteiger partial charge in [-0.05, 0) is 37.3 Å². The Morgan fingerprint density at radius 2 is 1.78 bits per heavy atom. The number of fused-ring (bicyclic) bond motifs is 1. The Balaban J connectivity index is 2.06. The van der Waals surface area contributed by atoms with Gasteiger partial charge in [-0.1, -0.05) is 51.1 Å². The molecule has 7 nitrogen and oxygen atoms in total. The van der Waals surface area contributed by atoms with E-state index in [0.29, 0.717) is 22.5 Å². The average Bonchev–Trinajstić information content (AvgIpc) is 3.19. The summed E-state index contributed by atoms with van der Waals surface area (Å²) in [5.74, 6) is 1.27. The van der Waals surface area contributed by atoms with Gasteiger partial charge in [0.1, 0.15) is 17.0 Å². The average molecular weight is 449 g/mol. The Morgan fingerprint density at radius 1 is 1.03 bits per heavy atom. The maximum absolute atomic E-state index is 11.7. The zero-order valence-electron chi connectivity index (χ0n) is 18.4. The van der Waals surface area contributed by atoms with Crippen LogP contribution in [-0.2, 0) is 0 Å². The third-order valence-electron chi connectivity index (χ3n) is 5.09. The van der Waals surface area contributed by atoms with Gasteiger partial charge >= 0.3 is 0 Å². The van der Waals surface area contributed by atoms with Gasteiger partial charge < -0.3 is 8.94 Å². The van der Waals surface area contributed by atoms with E-state index in [1.807, 2.05) is 70.2 Å². The highest BCUT2D eigenvalue weighted by atomic mass is 31.2. The number of nitro groups is 1. The molecule has 1 unspecified atom stereocenters. The number of aromatic nitrogens is 1. The first-order valence-electron chi connectivity index (χ1n) is 10.2. The molecular formula is C24H24N3O4P. The third-order valence-corrected chi connectivity index (χ3v) is 8.70. The molecule has 4 rings (SSSR count). The van der Waals surface area contributed by atoms with Crippen molar-refractivity contribution in [1.82, 2.24) is 4.98 Å². The van der Waals surface area contributed by atoms with Crippen molar-refractivity contribution >= 4 is 35.1 Å². The molecule has 8 heteroatoms. The van der Waals surface area contributed by atoms with Crippen molar-refractivity contribution in [1.29, 1.82) is 0 Å². The van der Waals surface area contributed by atoms with Gasteiger partial charge in [-0.25, -0.2) is 4.74 Å². The molecule has 2 aromatic heterocycles. The van der Waals surface area contributed by atoms with Gasteiger partial charge in [-0.15, -0.1) is 0 Å². The molecule has 32 heavy (non-hydrogen) atoms. The fraction of sp³-hybridized carbons (Fsp3) is 0.208. The zero-order valence-corrected chi connectivity index (χ0v) is 19.2. The maximum Gasteiger partial charge on any atom is 0.294 e. The minimum atomic E-state index is -3.01. The first-order chi connectivity index (χ1) is 15.2. The fourth-order valence-corrected chi connectivity index (χ4v) is 6.38. The molecule has 164 valence electrons. The summed E-state index contributed by atoms with van der Waals surface area (Å²) in [6.45, 7) is 7.88. The molecule has 0 aliphatic carbocycles. The lowest BCUT2D eigenvalue weighted by Gasteiger charge is -2.35. The van der Waals surface area contributed by atoms with Crippen molar-refractivity contribution in [3.8, 4) is 5.75 Å². The summed E-state index contributed by atoms with van der Waals surface area (Å²) in [6.07, 6.45) is 1.71. The quantitative estimate of drug-likeness (QED) is 0.186. The van der Waals surface area contributed by atoms with Crippen molar-refractivity contribution in [3.05, 3.63) is 88.8 Å². The molecule has 0 radical (unpaired) electrons. The molecule has 1 atom stereocenters. The van der Waals surface area contributed by atoms with Gasteiger partial charge in [-0.3, -0.25) is 15.1 Å². The number of hydrogen-bond acceptors (Lipinski definition) is 6. The van der Waals surface area contributed by atoms with Crippen LogP contribution in [0.4, 0.5) is 11.4 Å². The summed E-state index contributed by atoms with van der Waals surface area (Å²) in [4.78, 5) is 15.8. The van der Waals surface area contributed by atoms with Crippen LogP contribution in [0.1, 0.15) is 26.5 Å². The number of benzene rings is 2. The van der Waals surface area contributed by atoms with Crippen LogP contribution in [0, 0.1) is 17.0 Å². The second kappa shape index (κ2) is 8.24. The van der Waals surface area contributed by atoms with Gasteiger partial charge in [0.15, 0.2) is 11.3 Å². The number of nitrogens with zero attached hydrogens (tertiary/aromatic N) is 3. The Morgan fingerprint density at radius 3 is 2.47 bits per heavy atom. The number of aryl methyl sites for hydroxylation is 1. The van der Waals surface area contributed by atoms with Crippen molar-refractivity contribution in [2.45, 2.75) is 32.9 Å². The third kappa shape index (κ3) is 3.92. The molecule has 0 spiro atoms. The summed E-state index contributed by atoms with van der Waals surface area (Å²) >= 11 is 0. The molecule has 0 aliphatic heterocycles. The summed E-state index contributed by atoms with van der Waals surface area (Å²) in [5, 5.41) is 12.1. The molecule has 0 saturated carbocycles. The molecule has 0 saturated heterocycles. The standard InChI is InChI=1S/C24H24N3O4P/c1-17-14-15-22(30-17)32(24(2,3)4,26-19-11-5-6-12-20(19)27(28)29)31-21-13-7-9-18-10-8-16-25-23(18)21/h5-16H,1-4H3. The van der Waals surface area contributed by atoms with Gasteiger partial charge in [0.2, 0.25) is 7.28 Å². The minimum absolute atomic E-state index is 0.0796. The molecule has 0 aliphatic rings. The van der Waals surface area contributed by atoms with Crippen molar-refractivity contribution in [2.24, 2.45) is 4.74 Å². The lowest BCUT2D eigenvalue weighted by Crippen LogP contribution is -2.26. The van der Waals surface area contributed by atoms with Crippen LogP contribution in [-0.4, -0.2) is 15.1 Å². The molecule has 0 amide bonds. The molecule has 4 aromatic rings. The van der Waals surface area contributed by atoms with Crippen LogP contribution in [0.5, 0.6) is 5.75 Å². The number of hydrogen-bond donors (Lipinski definition) is 0. The molecule has 0 fully saturated rings. The predicted octanol–water partition coefficient (Wildman–Crippen LogP) is 7.00. The number of nitro benzene ring substituents is 1. The van der Waals surface area contributed by atoms with Crippen LogP contribution < -0.4 is 10.0 Å². The van der Waals surface area contributed by atoms with Crippen molar-refractivity contribution in [3.63, 3.8) is 0 Å². The van der Waals surface area contributed by atoms with E-state index in [1.165, 1.54) is 6.07 Å². The van der Waals surface area contributed by atoms with Crippen molar-refractivity contribution in [2.75, 3.05) is 0 Å². The van der Waals surface area contributed by atoms with E-state index in [0.717, 1.165) is 5.39 Å². The van der Waals surface area contributed by atoms with E-state index in [4.69, 9.17) is 13.7 Å². The normalized spacial score (nSPS) is 13.5. The second-order valence-corrected chi connectivity index (χ2v) is 11.7. The van der Waals surface area contributed by atoms with Crippen molar-refractivity contribution < 1.29 is 13.9 Å². The van der Waals surface area contributed by atoms with E-state index < -0.39 is 17.4 Å². The van der Waals surface area contributed by atoms with E-state index in [1.54, 1.807) is 24.4 Å². The first kappa shape index (κ1) is 21.8. The molecular weight excluding hydrogens is 425 g/mol. The molecule has 0 bridgehead atoms. The Labute approximate surface area is 186 Å². The van der Waals surface area contributed by atoms with Crippen LogP contribution in [0.15, 0.2) is 82.1 Å². The smallest absolute Gasteiger partial charge is 0.294 e. The van der Waals surface area contributed by atoms with E-state index in [2.05, 4.69) is 4.98 Å². The SMILES string of the molecule is Cc1ccc(P(=Nc2ccccc2[N+](=O)[O-])(Oc2cccc3cccnc23)C(C)(C)C)o1. The van der Waals surface area contributed by atoms with E-state index in [-0.39, 0.29) is 11.4 Å². The number of furan rings is 1. The van der Waals surface area contributed by atoms with Gasteiger partial charge in [0.05, 0.1) is 4.92 Å². The minimum Gasteiger partial charge on any atom is -0.457 e. The predicted molar refractivity (Wildman–Crippen MR) is 127 cm³/mol. The molecule has 0 N–H and O–H groups in total. The van der Waals surface area contributed by atoms with Crippen LogP contribution in [0.3, 0.4) is 0 Å². The monoisotopic (exact) mass is 449 g/mol. The Hall–Kier alpha value is -3.44. The summed E-state index contributed by atoms with van der Waals surface area (Å²) in [5.41, 5.74) is 1.44. The second-order valence-electron chi connectivity index (χ2n) is 8.40. The van der Waals surface area contributed by atoms with Crippen LogP contribution in [0.2, 0.25) is 0 Å². The highest BCUT2D eigenvalue weighted by Crippen LogP contribution is 2.63. The lowest BCUT2D eigenvalue weighted by molar-refractivity contribution is -0.384. The fourth-order valence-electron chi connectivity index (χ4n) is 3.46. The number of rotatable bonds is 5. The van der Waals surface area contributed by atoms with Gasteiger partial charge in [0, 0.05) is 22.8 Å². The van der Waals surface area contributed by atoms with Gasteiger partial charge in [0.25, 0.3) is 5.69 Å². The molecule has 2 aromatic carbocycles. The van der Waals surface area contributed by atoms with Crippen LogP contribution >= 0.6 is 7.28 Å². The number of pyridine rings is 1.